The highest BCUT2D eigenvalue weighted by Crippen LogP contribution is 2.21. The fourth-order valence-corrected chi connectivity index (χ4v) is 2.33. The molecule has 1 amide bonds. The molecule has 0 bridgehead atoms. The number of carbonyl (C=O) groups is 1. The van der Waals surface area contributed by atoms with E-state index < -0.39 is 0 Å². The number of rotatable bonds is 6. The molecular weight excluding hydrogens is 302 g/mol. The molecule has 0 fully saturated rings. The van der Waals surface area contributed by atoms with Crippen LogP contribution in [0.1, 0.15) is 22.0 Å². The molecule has 2 aromatic carbocycles. The molecule has 0 radical (unpaired) electrons. The van der Waals surface area contributed by atoms with Gasteiger partial charge in [0, 0.05) is 13.7 Å². The molecule has 0 spiro atoms. The Kier molecular flexibility index (Phi) is 5.81. The minimum Gasteiger partial charge on any atom is -0.497 e. The lowest BCUT2D eigenvalue weighted by Crippen LogP contribution is -2.29. The molecule has 1 N–H and O–H groups in total. The van der Waals surface area contributed by atoms with Crippen molar-refractivity contribution in [2.45, 2.75) is 6.10 Å². The van der Waals surface area contributed by atoms with Gasteiger partial charge < -0.3 is 14.8 Å². The number of nitrogens with one attached hydrogen (secondary N) is 1. The van der Waals surface area contributed by atoms with E-state index >= 15 is 0 Å². The van der Waals surface area contributed by atoms with Gasteiger partial charge >= 0.3 is 0 Å². The third-order valence-electron chi connectivity index (χ3n) is 3.32. The fourth-order valence-electron chi connectivity index (χ4n) is 2.11. The number of benzene rings is 2. The fraction of sp³-hybridized carbons (Fsp3) is 0.235. The van der Waals surface area contributed by atoms with Crippen LogP contribution in [0.3, 0.4) is 0 Å². The summed E-state index contributed by atoms with van der Waals surface area (Å²) >= 11 is 6.02. The van der Waals surface area contributed by atoms with Gasteiger partial charge in [0.2, 0.25) is 0 Å². The Bertz CT molecular complexity index is 645. The van der Waals surface area contributed by atoms with Gasteiger partial charge in [-0.15, -0.1) is 0 Å². The van der Waals surface area contributed by atoms with Crippen LogP contribution in [-0.4, -0.2) is 26.7 Å². The standard InChI is InChI=1S/C17H18ClNO3/c1-21-13-7-5-6-12(10-13)16(22-2)11-19-17(20)14-8-3-4-9-15(14)18/h3-10,16H,11H2,1-2H3,(H,19,20)/t16-/m0/s1. The lowest BCUT2D eigenvalue weighted by Gasteiger charge is -2.17. The van der Waals surface area contributed by atoms with Crippen molar-refractivity contribution < 1.29 is 14.3 Å². The predicted octanol–water partition coefficient (Wildman–Crippen LogP) is 3.47. The summed E-state index contributed by atoms with van der Waals surface area (Å²) in [5.74, 6) is 0.521. The molecule has 0 aliphatic heterocycles. The summed E-state index contributed by atoms with van der Waals surface area (Å²) in [7, 11) is 3.21. The van der Waals surface area contributed by atoms with Gasteiger partial charge in [-0.25, -0.2) is 0 Å². The zero-order valence-corrected chi connectivity index (χ0v) is 13.3. The van der Waals surface area contributed by atoms with Crippen LogP contribution in [0.25, 0.3) is 0 Å². The summed E-state index contributed by atoms with van der Waals surface area (Å²) < 4.78 is 10.6. The van der Waals surface area contributed by atoms with Crippen LogP contribution in [0, 0.1) is 0 Å². The van der Waals surface area contributed by atoms with E-state index in [1.54, 1.807) is 38.5 Å². The van der Waals surface area contributed by atoms with E-state index in [0.717, 1.165) is 11.3 Å². The van der Waals surface area contributed by atoms with Crippen LogP contribution in [0.2, 0.25) is 5.02 Å². The zero-order valence-electron chi connectivity index (χ0n) is 12.5. The molecule has 0 aromatic heterocycles. The Morgan fingerprint density at radius 1 is 1.18 bits per heavy atom. The van der Waals surface area contributed by atoms with Crippen molar-refractivity contribution in [3.8, 4) is 5.75 Å². The zero-order chi connectivity index (χ0) is 15.9. The number of halogens is 1. The van der Waals surface area contributed by atoms with Gasteiger partial charge in [-0.1, -0.05) is 35.9 Å². The molecule has 0 saturated carbocycles. The number of hydrogen-bond acceptors (Lipinski definition) is 3. The lowest BCUT2D eigenvalue weighted by atomic mass is 10.1. The number of methoxy groups -OCH3 is 2. The number of ether oxygens (including phenoxy) is 2. The van der Waals surface area contributed by atoms with Crippen molar-refractivity contribution in [1.29, 1.82) is 0 Å². The summed E-state index contributed by atoms with van der Waals surface area (Å²) in [4.78, 5) is 12.2. The Morgan fingerprint density at radius 2 is 1.95 bits per heavy atom. The minimum atomic E-state index is -0.262. The first-order valence-electron chi connectivity index (χ1n) is 6.85. The monoisotopic (exact) mass is 319 g/mol. The van der Waals surface area contributed by atoms with E-state index in [2.05, 4.69) is 5.32 Å². The van der Waals surface area contributed by atoms with Gasteiger partial charge in [0.1, 0.15) is 5.75 Å². The molecule has 0 aliphatic carbocycles. The van der Waals surface area contributed by atoms with E-state index in [1.807, 2.05) is 24.3 Å². The molecule has 0 aliphatic rings. The molecule has 0 unspecified atom stereocenters. The molecule has 0 saturated heterocycles. The Labute approximate surface area is 135 Å². The average molecular weight is 320 g/mol. The van der Waals surface area contributed by atoms with Crippen molar-refractivity contribution in [3.05, 3.63) is 64.7 Å². The SMILES string of the molecule is COc1cccc([C@H](CNC(=O)c2ccccc2Cl)OC)c1. The van der Waals surface area contributed by atoms with Gasteiger partial charge in [0.05, 0.1) is 23.8 Å². The van der Waals surface area contributed by atoms with Crippen molar-refractivity contribution in [1.82, 2.24) is 5.32 Å². The predicted molar refractivity (Wildman–Crippen MR) is 86.5 cm³/mol. The Hall–Kier alpha value is -2.04. The highest BCUT2D eigenvalue weighted by Gasteiger charge is 2.15. The summed E-state index contributed by atoms with van der Waals surface area (Å²) in [5, 5.41) is 3.26. The summed E-state index contributed by atoms with van der Waals surface area (Å²) in [6, 6.07) is 14.5. The Balaban J connectivity index is 2.05. The summed E-state index contributed by atoms with van der Waals surface area (Å²) in [6.07, 6.45) is -0.262. The molecule has 2 rings (SSSR count). The highest BCUT2D eigenvalue weighted by atomic mass is 35.5. The van der Waals surface area contributed by atoms with E-state index in [1.165, 1.54) is 0 Å². The highest BCUT2D eigenvalue weighted by molar-refractivity contribution is 6.33. The van der Waals surface area contributed by atoms with Gasteiger partial charge in [0.15, 0.2) is 0 Å². The third-order valence-corrected chi connectivity index (χ3v) is 3.65. The van der Waals surface area contributed by atoms with Crippen molar-refractivity contribution in [2.24, 2.45) is 0 Å². The van der Waals surface area contributed by atoms with Crippen molar-refractivity contribution >= 4 is 17.5 Å². The first-order valence-corrected chi connectivity index (χ1v) is 7.23. The molecular formula is C17H18ClNO3. The lowest BCUT2D eigenvalue weighted by molar-refractivity contribution is 0.0827. The summed E-state index contributed by atoms with van der Waals surface area (Å²) in [5.41, 5.74) is 1.38. The second-order valence-corrected chi connectivity index (χ2v) is 5.10. The van der Waals surface area contributed by atoms with Gasteiger partial charge in [0.25, 0.3) is 5.91 Å². The average Bonchev–Trinajstić information content (AvgIpc) is 2.56. The molecule has 116 valence electrons. The van der Waals surface area contributed by atoms with Crippen LogP contribution < -0.4 is 10.1 Å². The normalized spacial score (nSPS) is 11.8. The minimum absolute atomic E-state index is 0.226. The van der Waals surface area contributed by atoms with Crippen LogP contribution >= 0.6 is 11.6 Å². The first-order chi connectivity index (χ1) is 10.7. The van der Waals surface area contributed by atoms with Crippen LogP contribution in [0.4, 0.5) is 0 Å². The number of carbonyl (C=O) groups excluding carboxylic acids is 1. The quantitative estimate of drug-likeness (QED) is 0.887. The summed E-state index contributed by atoms with van der Waals surface area (Å²) in [6.45, 7) is 0.341. The Morgan fingerprint density at radius 3 is 2.64 bits per heavy atom. The van der Waals surface area contributed by atoms with Crippen molar-refractivity contribution in [2.75, 3.05) is 20.8 Å². The van der Waals surface area contributed by atoms with E-state index in [-0.39, 0.29) is 12.0 Å². The molecule has 1 atom stereocenters. The number of amides is 1. The van der Waals surface area contributed by atoms with Gasteiger partial charge in [-0.05, 0) is 29.8 Å². The van der Waals surface area contributed by atoms with Gasteiger partial charge in [-0.3, -0.25) is 4.79 Å². The molecule has 22 heavy (non-hydrogen) atoms. The second kappa shape index (κ2) is 7.82. The van der Waals surface area contributed by atoms with Crippen LogP contribution in [-0.2, 0) is 4.74 Å². The third kappa shape index (κ3) is 4.00. The first kappa shape index (κ1) is 16.3. The second-order valence-electron chi connectivity index (χ2n) is 4.69. The van der Waals surface area contributed by atoms with E-state index in [9.17, 15) is 4.79 Å². The maximum absolute atomic E-state index is 12.2. The molecule has 2 aromatic rings. The van der Waals surface area contributed by atoms with Gasteiger partial charge in [-0.2, -0.15) is 0 Å². The molecule has 0 heterocycles. The molecule has 4 nitrogen and oxygen atoms in total. The number of hydrogen-bond donors (Lipinski definition) is 1. The van der Waals surface area contributed by atoms with Crippen molar-refractivity contribution in [3.63, 3.8) is 0 Å². The maximum Gasteiger partial charge on any atom is 0.252 e. The largest absolute Gasteiger partial charge is 0.497 e. The van der Waals surface area contributed by atoms with E-state index in [0.29, 0.717) is 17.1 Å². The van der Waals surface area contributed by atoms with Crippen LogP contribution in [0.5, 0.6) is 5.75 Å². The van der Waals surface area contributed by atoms with Crippen LogP contribution in [0.15, 0.2) is 48.5 Å². The van der Waals surface area contributed by atoms with E-state index in [4.69, 9.17) is 21.1 Å². The molecule has 5 heteroatoms. The topological polar surface area (TPSA) is 47.6 Å². The smallest absolute Gasteiger partial charge is 0.252 e. The maximum atomic E-state index is 12.2.